The molecular formula is C4H4N4O4. The molecule has 0 aromatic carbocycles. The Morgan fingerprint density at radius 1 is 1.00 bits per heavy atom. The average Bonchev–Trinajstić information content (AvgIpc) is 2.04. The van der Waals surface area contributed by atoms with Crippen molar-refractivity contribution < 1.29 is 19.8 Å². The second-order valence-electron chi connectivity index (χ2n) is 1.75. The molecule has 64 valence electrons. The molecule has 4 N–H and O–H groups in total. The molecule has 1 aliphatic heterocycles. The molecule has 0 saturated carbocycles. The molecule has 8 heteroatoms. The van der Waals surface area contributed by atoms with E-state index in [0.29, 0.717) is 0 Å². The van der Waals surface area contributed by atoms with Crippen molar-refractivity contribution in [2.45, 2.75) is 0 Å². The van der Waals surface area contributed by atoms with E-state index in [1.165, 1.54) is 0 Å². The van der Waals surface area contributed by atoms with E-state index in [9.17, 15) is 9.59 Å². The van der Waals surface area contributed by atoms with E-state index in [1.807, 2.05) is 11.1 Å². The van der Waals surface area contributed by atoms with Gasteiger partial charge >= 0.3 is 11.9 Å². The number of hydrogen-bond acceptors (Lipinski definition) is 6. The van der Waals surface area contributed by atoms with Crippen molar-refractivity contribution in [2.24, 2.45) is 10.2 Å². The number of carboxylic acid groups (broad SMARTS) is 2. The van der Waals surface area contributed by atoms with Gasteiger partial charge in [-0.2, -0.15) is 0 Å². The van der Waals surface area contributed by atoms with Crippen LogP contribution >= 0.6 is 0 Å². The Labute approximate surface area is 65.5 Å². The van der Waals surface area contributed by atoms with E-state index in [4.69, 9.17) is 10.2 Å². The highest BCUT2D eigenvalue weighted by atomic mass is 16.4. The van der Waals surface area contributed by atoms with Crippen molar-refractivity contribution >= 4 is 23.4 Å². The molecule has 0 spiro atoms. The third-order valence-electron chi connectivity index (χ3n) is 1.01. The summed E-state index contributed by atoms with van der Waals surface area (Å²) in [5.41, 5.74) is 2.74. The van der Waals surface area contributed by atoms with Gasteiger partial charge in [0, 0.05) is 0 Å². The fourth-order valence-electron chi connectivity index (χ4n) is 0.566. The van der Waals surface area contributed by atoms with Gasteiger partial charge in [0.05, 0.1) is 0 Å². The minimum atomic E-state index is -1.45. The summed E-state index contributed by atoms with van der Waals surface area (Å²) in [7, 11) is 0. The first kappa shape index (κ1) is 7.98. The van der Waals surface area contributed by atoms with Crippen LogP contribution in [0.15, 0.2) is 10.2 Å². The summed E-state index contributed by atoms with van der Waals surface area (Å²) < 4.78 is 0. The van der Waals surface area contributed by atoms with Gasteiger partial charge in [-0.05, 0) is 0 Å². The third-order valence-corrected chi connectivity index (χ3v) is 1.01. The Hall–Kier alpha value is -2.12. The highest BCUT2D eigenvalue weighted by Crippen LogP contribution is 1.89. The van der Waals surface area contributed by atoms with Gasteiger partial charge in [-0.25, -0.2) is 20.7 Å². The zero-order valence-electron chi connectivity index (χ0n) is 5.61. The number of nitrogens with one attached hydrogen (secondary N) is 2. The number of carbonyl (C=O) groups is 2. The molecule has 0 fully saturated rings. The first-order chi connectivity index (χ1) is 5.63. The van der Waals surface area contributed by atoms with Crippen LogP contribution in [0.5, 0.6) is 0 Å². The topological polar surface area (TPSA) is 123 Å². The normalized spacial score (nSPS) is 15.0. The van der Waals surface area contributed by atoms with Gasteiger partial charge < -0.3 is 10.2 Å². The van der Waals surface area contributed by atoms with Gasteiger partial charge in [-0.1, -0.05) is 0 Å². The summed E-state index contributed by atoms with van der Waals surface area (Å²) in [5.74, 6) is -2.91. The lowest BCUT2D eigenvalue weighted by atomic mass is 10.2. The summed E-state index contributed by atoms with van der Waals surface area (Å²) in [5, 5.41) is 23.2. The fraction of sp³-hybridized carbons (Fsp3) is 0. The predicted molar refractivity (Wildman–Crippen MR) is 36.4 cm³/mol. The Kier molecular flexibility index (Phi) is 1.90. The number of hydrazone groups is 2. The number of nitrogens with zero attached hydrogens (tertiary/aromatic N) is 2. The molecule has 0 bridgehead atoms. The number of hydrogen-bond donors (Lipinski definition) is 4. The van der Waals surface area contributed by atoms with Crippen molar-refractivity contribution in [3.63, 3.8) is 0 Å². The SMILES string of the molecule is O=C(O)C1=NNNN=C1C(=O)O. The molecule has 1 heterocycles. The highest BCUT2D eigenvalue weighted by Gasteiger charge is 2.26. The van der Waals surface area contributed by atoms with Crippen LogP contribution in [-0.4, -0.2) is 33.6 Å². The summed E-state index contributed by atoms with van der Waals surface area (Å²) in [6, 6.07) is 0. The smallest absolute Gasteiger partial charge is 0.359 e. The van der Waals surface area contributed by atoms with E-state index >= 15 is 0 Å². The molecule has 0 aromatic rings. The van der Waals surface area contributed by atoms with Crippen molar-refractivity contribution in [3.8, 4) is 0 Å². The lowest BCUT2D eigenvalue weighted by Gasteiger charge is -2.08. The molecule has 1 aliphatic rings. The summed E-state index contributed by atoms with van der Waals surface area (Å²) >= 11 is 0. The lowest BCUT2D eigenvalue weighted by Crippen LogP contribution is -2.41. The van der Waals surface area contributed by atoms with Crippen molar-refractivity contribution in [3.05, 3.63) is 0 Å². The molecule has 8 nitrogen and oxygen atoms in total. The molecule has 0 atom stereocenters. The maximum Gasteiger partial charge on any atom is 0.359 e. The van der Waals surface area contributed by atoms with Gasteiger partial charge in [-0.3, -0.25) is 0 Å². The highest BCUT2D eigenvalue weighted by molar-refractivity contribution is 6.78. The first-order valence-corrected chi connectivity index (χ1v) is 2.75. The summed E-state index contributed by atoms with van der Waals surface area (Å²) in [4.78, 5) is 20.7. The van der Waals surface area contributed by atoms with Crippen LogP contribution in [0.4, 0.5) is 0 Å². The molecule has 0 aromatic heterocycles. The van der Waals surface area contributed by atoms with Crippen LogP contribution in [0.1, 0.15) is 0 Å². The summed E-state index contributed by atoms with van der Waals surface area (Å²) in [6.07, 6.45) is 0. The van der Waals surface area contributed by atoms with Crippen molar-refractivity contribution in [2.75, 3.05) is 0 Å². The summed E-state index contributed by atoms with van der Waals surface area (Å²) in [6.45, 7) is 0. The second kappa shape index (κ2) is 2.86. The zero-order valence-corrected chi connectivity index (χ0v) is 5.61. The van der Waals surface area contributed by atoms with E-state index in [0.717, 1.165) is 0 Å². The minimum Gasteiger partial charge on any atom is -0.476 e. The Bertz CT molecular complexity index is 263. The van der Waals surface area contributed by atoms with Crippen LogP contribution in [0.25, 0.3) is 0 Å². The van der Waals surface area contributed by atoms with Crippen LogP contribution in [0.2, 0.25) is 0 Å². The first-order valence-electron chi connectivity index (χ1n) is 2.75. The van der Waals surface area contributed by atoms with Crippen LogP contribution < -0.4 is 11.1 Å². The third kappa shape index (κ3) is 1.31. The van der Waals surface area contributed by atoms with E-state index in [2.05, 4.69) is 10.2 Å². The maximum absolute atomic E-state index is 10.3. The number of rotatable bonds is 2. The van der Waals surface area contributed by atoms with E-state index in [1.54, 1.807) is 0 Å². The van der Waals surface area contributed by atoms with Gasteiger partial charge in [0.25, 0.3) is 0 Å². The largest absolute Gasteiger partial charge is 0.476 e. The lowest BCUT2D eigenvalue weighted by molar-refractivity contribution is -0.131. The Morgan fingerprint density at radius 2 is 1.33 bits per heavy atom. The Balaban J connectivity index is 2.98. The maximum atomic E-state index is 10.3. The van der Waals surface area contributed by atoms with Crippen LogP contribution in [0.3, 0.4) is 0 Å². The van der Waals surface area contributed by atoms with Crippen LogP contribution in [-0.2, 0) is 9.59 Å². The molecule has 1 rings (SSSR count). The van der Waals surface area contributed by atoms with Crippen molar-refractivity contribution in [1.29, 1.82) is 0 Å². The van der Waals surface area contributed by atoms with E-state index in [-0.39, 0.29) is 0 Å². The minimum absolute atomic E-state index is 0.638. The fourth-order valence-corrected chi connectivity index (χ4v) is 0.566. The molecule has 0 amide bonds. The van der Waals surface area contributed by atoms with Gasteiger partial charge in [0.15, 0.2) is 0 Å². The zero-order chi connectivity index (χ0) is 9.14. The monoisotopic (exact) mass is 172 g/mol. The Morgan fingerprint density at radius 3 is 1.58 bits per heavy atom. The van der Waals surface area contributed by atoms with E-state index < -0.39 is 23.4 Å². The number of carboxylic acids is 2. The average molecular weight is 172 g/mol. The van der Waals surface area contributed by atoms with Gasteiger partial charge in [0.1, 0.15) is 0 Å². The molecule has 12 heavy (non-hydrogen) atoms. The number of hydrazine groups is 1. The predicted octanol–water partition coefficient (Wildman–Crippen LogP) is -2.02. The quantitative estimate of drug-likeness (QED) is 0.381. The molecule has 0 saturated heterocycles. The van der Waals surface area contributed by atoms with Crippen LogP contribution in [0, 0.1) is 0 Å². The van der Waals surface area contributed by atoms with Gasteiger partial charge in [-0.15, -0.1) is 10.2 Å². The molecule has 0 unspecified atom stereocenters. The number of aliphatic carboxylic acids is 2. The van der Waals surface area contributed by atoms with Gasteiger partial charge in [0.2, 0.25) is 11.4 Å². The molecule has 0 radical (unpaired) electrons. The molecule has 0 aliphatic carbocycles. The van der Waals surface area contributed by atoms with Crippen molar-refractivity contribution in [1.82, 2.24) is 11.1 Å². The standard InChI is InChI=1S/C4H4N4O4/c9-3(10)1-2(4(11)12)6-8-7-5-1/h7-8H,(H,9,10)(H,11,12). The second-order valence-corrected chi connectivity index (χ2v) is 1.75. The molecular weight excluding hydrogens is 168 g/mol.